The van der Waals surface area contributed by atoms with E-state index in [1.54, 1.807) is 13.8 Å². The van der Waals surface area contributed by atoms with E-state index in [2.05, 4.69) is 5.32 Å². The third kappa shape index (κ3) is 5.66. The maximum Gasteiger partial charge on any atom is 0.326 e. The standard InChI is InChI=1S/C9H15NO5/c1-5(2)8(9(14)15)10-6(11)3-4-7(12)13/h5,8H,3-4H2,1-2H3,(H,10,11)(H,12,13)(H,14,15)/t8-/m1/s1. The Hall–Kier alpha value is -1.59. The first kappa shape index (κ1) is 13.4. The molecule has 0 aromatic carbocycles. The summed E-state index contributed by atoms with van der Waals surface area (Å²) in [5.41, 5.74) is 0. The molecule has 0 saturated carbocycles. The van der Waals surface area contributed by atoms with E-state index >= 15 is 0 Å². The normalized spacial score (nSPS) is 12.2. The molecule has 0 bridgehead atoms. The van der Waals surface area contributed by atoms with Crippen LogP contribution in [0.3, 0.4) is 0 Å². The van der Waals surface area contributed by atoms with Gasteiger partial charge < -0.3 is 15.5 Å². The Morgan fingerprint density at radius 3 is 2.00 bits per heavy atom. The van der Waals surface area contributed by atoms with Crippen molar-refractivity contribution in [3.63, 3.8) is 0 Å². The van der Waals surface area contributed by atoms with Crippen molar-refractivity contribution in [1.82, 2.24) is 5.32 Å². The van der Waals surface area contributed by atoms with Gasteiger partial charge in [0.15, 0.2) is 0 Å². The highest BCUT2D eigenvalue weighted by molar-refractivity contribution is 5.85. The highest BCUT2D eigenvalue weighted by atomic mass is 16.4. The van der Waals surface area contributed by atoms with Gasteiger partial charge in [0.25, 0.3) is 0 Å². The molecule has 86 valence electrons. The molecule has 6 nitrogen and oxygen atoms in total. The lowest BCUT2D eigenvalue weighted by Gasteiger charge is -2.17. The summed E-state index contributed by atoms with van der Waals surface area (Å²) in [4.78, 5) is 32.0. The monoisotopic (exact) mass is 217 g/mol. The summed E-state index contributed by atoms with van der Waals surface area (Å²) in [5.74, 6) is -3.00. The van der Waals surface area contributed by atoms with Gasteiger partial charge in [-0.3, -0.25) is 9.59 Å². The molecule has 6 heteroatoms. The molecule has 0 heterocycles. The largest absolute Gasteiger partial charge is 0.481 e. The SMILES string of the molecule is CC(C)[C@@H](NC(=O)CCC(=O)O)C(=O)O. The first-order valence-electron chi connectivity index (χ1n) is 4.58. The summed E-state index contributed by atoms with van der Waals surface area (Å²) in [7, 11) is 0. The predicted octanol–water partition coefficient (Wildman–Crippen LogP) is 0.0766. The first-order chi connectivity index (χ1) is 6.84. The van der Waals surface area contributed by atoms with Crippen molar-refractivity contribution in [2.24, 2.45) is 5.92 Å². The minimum Gasteiger partial charge on any atom is -0.481 e. The molecule has 0 aliphatic rings. The van der Waals surface area contributed by atoms with Crippen LogP contribution in [0.4, 0.5) is 0 Å². The zero-order valence-electron chi connectivity index (χ0n) is 8.69. The molecule has 0 saturated heterocycles. The third-order valence-corrected chi connectivity index (χ3v) is 1.82. The van der Waals surface area contributed by atoms with Crippen LogP contribution in [-0.4, -0.2) is 34.1 Å². The van der Waals surface area contributed by atoms with Gasteiger partial charge in [0, 0.05) is 6.42 Å². The number of hydrogen-bond acceptors (Lipinski definition) is 3. The van der Waals surface area contributed by atoms with Crippen molar-refractivity contribution >= 4 is 17.8 Å². The molecular formula is C9H15NO5. The van der Waals surface area contributed by atoms with Crippen LogP contribution in [0.2, 0.25) is 0 Å². The number of nitrogens with one attached hydrogen (secondary N) is 1. The minimum absolute atomic E-state index is 0.203. The molecular weight excluding hydrogens is 202 g/mol. The average Bonchev–Trinajstić information content (AvgIpc) is 2.09. The minimum atomic E-state index is -1.12. The number of carbonyl (C=O) groups is 3. The number of amides is 1. The Labute approximate surface area is 87.3 Å². The Morgan fingerprint density at radius 2 is 1.67 bits per heavy atom. The van der Waals surface area contributed by atoms with E-state index in [1.807, 2.05) is 0 Å². The van der Waals surface area contributed by atoms with Crippen LogP contribution in [0.25, 0.3) is 0 Å². The van der Waals surface area contributed by atoms with Crippen LogP contribution in [0.15, 0.2) is 0 Å². The van der Waals surface area contributed by atoms with Crippen molar-refractivity contribution in [2.45, 2.75) is 32.7 Å². The molecule has 0 radical (unpaired) electrons. The highest BCUT2D eigenvalue weighted by Crippen LogP contribution is 2.02. The van der Waals surface area contributed by atoms with Gasteiger partial charge in [0.1, 0.15) is 6.04 Å². The van der Waals surface area contributed by atoms with Gasteiger partial charge >= 0.3 is 11.9 Å². The van der Waals surface area contributed by atoms with Crippen molar-refractivity contribution in [2.75, 3.05) is 0 Å². The summed E-state index contributed by atoms with van der Waals surface area (Å²) in [6.45, 7) is 3.33. The van der Waals surface area contributed by atoms with Crippen molar-refractivity contribution in [3.8, 4) is 0 Å². The van der Waals surface area contributed by atoms with E-state index in [1.165, 1.54) is 0 Å². The number of carboxylic acid groups (broad SMARTS) is 2. The Balaban J connectivity index is 4.12. The summed E-state index contributed by atoms with van der Waals surface area (Å²) in [6, 6.07) is -0.966. The maximum atomic E-state index is 11.1. The molecule has 0 spiro atoms. The predicted molar refractivity (Wildman–Crippen MR) is 51.3 cm³/mol. The topological polar surface area (TPSA) is 104 Å². The number of hydrogen-bond donors (Lipinski definition) is 3. The van der Waals surface area contributed by atoms with E-state index in [4.69, 9.17) is 10.2 Å². The molecule has 15 heavy (non-hydrogen) atoms. The van der Waals surface area contributed by atoms with Crippen molar-refractivity contribution in [1.29, 1.82) is 0 Å². The lowest BCUT2D eigenvalue weighted by molar-refractivity contribution is -0.143. The summed E-state index contributed by atoms with van der Waals surface area (Å²) in [6.07, 6.45) is -0.498. The number of rotatable bonds is 6. The zero-order valence-corrected chi connectivity index (χ0v) is 8.69. The second kappa shape index (κ2) is 6.00. The quantitative estimate of drug-likeness (QED) is 0.584. The lowest BCUT2D eigenvalue weighted by atomic mass is 10.0. The Morgan fingerprint density at radius 1 is 1.13 bits per heavy atom. The molecule has 0 rings (SSSR count). The van der Waals surface area contributed by atoms with Gasteiger partial charge in [-0.25, -0.2) is 4.79 Å². The second-order valence-electron chi connectivity index (χ2n) is 3.52. The van der Waals surface area contributed by atoms with Gasteiger partial charge in [-0.15, -0.1) is 0 Å². The Bertz CT molecular complexity index is 261. The van der Waals surface area contributed by atoms with Crippen LogP contribution in [0.5, 0.6) is 0 Å². The van der Waals surface area contributed by atoms with E-state index < -0.39 is 23.9 Å². The lowest BCUT2D eigenvalue weighted by Crippen LogP contribution is -2.44. The summed E-state index contributed by atoms with van der Waals surface area (Å²) in [5, 5.41) is 19.3. The molecule has 0 aromatic rings. The second-order valence-corrected chi connectivity index (χ2v) is 3.52. The Kier molecular flexibility index (Phi) is 5.36. The number of carboxylic acids is 2. The molecule has 0 aromatic heterocycles. The number of carbonyl (C=O) groups excluding carboxylic acids is 1. The zero-order chi connectivity index (χ0) is 12.0. The molecule has 0 unspecified atom stereocenters. The smallest absolute Gasteiger partial charge is 0.326 e. The van der Waals surface area contributed by atoms with E-state index in [0.717, 1.165) is 0 Å². The van der Waals surface area contributed by atoms with Gasteiger partial charge in [-0.05, 0) is 5.92 Å². The molecule has 3 N–H and O–H groups in total. The maximum absolute atomic E-state index is 11.1. The van der Waals surface area contributed by atoms with E-state index in [-0.39, 0.29) is 18.8 Å². The molecule has 1 amide bonds. The van der Waals surface area contributed by atoms with Crippen LogP contribution in [0.1, 0.15) is 26.7 Å². The highest BCUT2D eigenvalue weighted by Gasteiger charge is 2.23. The van der Waals surface area contributed by atoms with Gasteiger partial charge in [-0.1, -0.05) is 13.8 Å². The van der Waals surface area contributed by atoms with Crippen LogP contribution in [-0.2, 0) is 14.4 Å². The fourth-order valence-electron chi connectivity index (χ4n) is 0.980. The summed E-state index contributed by atoms with van der Waals surface area (Å²) < 4.78 is 0. The van der Waals surface area contributed by atoms with Crippen molar-refractivity contribution in [3.05, 3.63) is 0 Å². The fraction of sp³-hybridized carbons (Fsp3) is 0.667. The van der Waals surface area contributed by atoms with Crippen LogP contribution in [0, 0.1) is 5.92 Å². The summed E-state index contributed by atoms with van der Waals surface area (Å²) >= 11 is 0. The molecule has 0 aliphatic carbocycles. The van der Waals surface area contributed by atoms with Gasteiger partial charge in [0.05, 0.1) is 6.42 Å². The van der Waals surface area contributed by atoms with Crippen LogP contribution < -0.4 is 5.32 Å². The molecule has 0 fully saturated rings. The van der Waals surface area contributed by atoms with E-state index in [0.29, 0.717) is 0 Å². The first-order valence-corrected chi connectivity index (χ1v) is 4.58. The van der Waals surface area contributed by atoms with Gasteiger partial charge in [0.2, 0.25) is 5.91 Å². The number of aliphatic carboxylic acids is 2. The third-order valence-electron chi connectivity index (χ3n) is 1.82. The van der Waals surface area contributed by atoms with Crippen molar-refractivity contribution < 1.29 is 24.6 Å². The fourth-order valence-corrected chi connectivity index (χ4v) is 0.980. The molecule has 0 aliphatic heterocycles. The van der Waals surface area contributed by atoms with Gasteiger partial charge in [-0.2, -0.15) is 0 Å². The average molecular weight is 217 g/mol. The van der Waals surface area contributed by atoms with Crippen LogP contribution >= 0.6 is 0 Å². The van der Waals surface area contributed by atoms with E-state index in [9.17, 15) is 14.4 Å². The molecule has 1 atom stereocenters.